The van der Waals surface area contributed by atoms with Crippen LogP contribution < -0.4 is 10.3 Å². The summed E-state index contributed by atoms with van der Waals surface area (Å²) in [6.45, 7) is -0.0700. The molecule has 3 heterocycles. The van der Waals surface area contributed by atoms with Crippen LogP contribution in [0.4, 0.5) is 0 Å². The summed E-state index contributed by atoms with van der Waals surface area (Å²) in [7, 11) is 3.21. The first-order valence-corrected chi connectivity index (χ1v) is 9.26. The van der Waals surface area contributed by atoms with Crippen LogP contribution in [-0.2, 0) is 23.2 Å². The molecular formula is C19H16N4O4S. The Balaban J connectivity index is 1.57. The van der Waals surface area contributed by atoms with Crippen molar-refractivity contribution in [3.05, 3.63) is 63.5 Å². The van der Waals surface area contributed by atoms with E-state index in [-0.39, 0.29) is 12.2 Å². The summed E-state index contributed by atoms with van der Waals surface area (Å²) in [6.07, 6.45) is 2.96. The Bertz CT molecular complexity index is 1270. The average molecular weight is 396 g/mol. The topological polar surface area (TPSA) is 87.7 Å². The molecular weight excluding hydrogens is 380 g/mol. The molecule has 0 atom stereocenters. The Morgan fingerprint density at radius 2 is 2.07 bits per heavy atom. The average Bonchev–Trinajstić information content (AvgIpc) is 3.36. The molecule has 0 aliphatic rings. The standard InChI is InChI=1S/C19H16N4O4S/c1-22-18(25)17-13(9-10-28-17)23-15(20-21-19(22)23)11-27-16(24)8-7-12-5-3-4-6-14(12)26-2/h3-10H,11H2,1-2H3. The number of rotatable bonds is 5. The first kappa shape index (κ1) is 17.9. The van der Waals surface area contributed by atoms with Gasteiger partial charge in [0.25, 0.3) is 5.56 Å². The monoisotopic (exact) mass is 396 g/mol. The van der Waals surface area contributed by atoms with E-state index in [1.54, 1.807) is 24.6 Å². The van der Waals surface area contributed by atoms with Crippen molar-refractivity contribution in [1.29, 1.82) is 0 Å². The summed E-state index contributed by atoms with van der Waals surface area (Å²) in [5, 5.41) is 9.97. The molecule has 9 heteroatoms. The van der Waals surface area contributed by atoms with E-state index in [4.69, 9.17) is 9.47 Å². The van der Waals surface area contributed by atoms with Crippen molar-refractivity contribution in [2.24, 2.45) is 7.05 Å². The third-order valence-electron chi connectivity index (χ3n) is 4.28. The van der Waals surface area contributed by atoms with Gasteiger partial charge in [0.2, 0.25) is 5.78 Å². The largest absolute Gasteiger partial charge is 0.496 e. The van der Waals surface area contributed by atoms with E-state index in [2.05, 4.69) is 10.2 Å². The van der Waals surface area contributed by atoms with Crippen LogP contribution in [0.25, 0.3) is 22.1 Å². The number of para-hydroxylation sites is 1. The molecule has 4 aromatic rings. The van der Waals surface area contributed by atoms with E-state index < -0.39 is 5.97 Å². The maximum absolute atomic E-state index is 12.3. The van der Waals surface area contributed by atoms with E-state index in [0.717, 1.165) is 5.56 Å². The smallest absolute Gasteiger partial charge is 0.331 e. The number of fused-ring (bicyclic) bond motifs is 3. The summed E-state index contributed by atoms with van der Waals surface area (Å²) >= 11 is 1.35. The van der Waals surface area contributed by atoms with Gasteiger partial charge in [0.05, 0.1) is 12.6 Å². The van der Waals surface area contributed by atoms with Gasteiger partial charge in [-0.3, -0.25) is 13.8 Å². The lowest BCUT2D eigenvalue weighted by molar-refractivity contribution is -0.139. The predicted octanol–water partition coefficient (Wildman–Crippen LogP) is 2.41. The summed E-state index contributed by atoms with van der Waals surface area (Å²) < 4.78 is 14.3. The van der Waals surface area contributed by atoms with E-state index in [1.165, 1.54) is 22.0 Å². The second-order valence-electron chi connectivity index (χ2n) is 5.93. The van der Waals surface area contributed by atoms with Crippen LogP contribution in [0.3, 0.4) is 0 Å². The summed E-state index contributed by atoms with van der Waals surface area (Å²) in [4.78, 5) is 24.5. The molecule has 0 amide bonds. The van der Waals surface area contributed by atoms with Crippen molar-refractivity contribution >= 4 is 39.4 Å². The molecule has 8 nitrogen and oxygen atoms in total. The summed E-state index contributed by atoms with van der Waals surface area (Å²) in [5.41, 5.74) is 1.33. The quantitative estimate of drug-likeness (QED) is 0.380. The minimum Gasteiger partial charge on any atom is -0.496 e. The number of nitrogens with zero attached hydrogens (tertiary/aromatic N) is 4. The molecule has 0 fully saturated rings. The van der Waals surface area contributed by atoms with Crippen molar-refractivity contribution in [2.75, 3.05) is 7.11 Å². The van der Waals surface area contributed by atoms with Crippen molar-refractivity contribution in [3.8, 4) is 5.75 Å². The van der Waals surface area contributed by atoms with Crippen molar-refractivity contribution in [3.63, 3.8) is 0 Å². The highest BCUT2D eigenvalue weighted by atomic mass is 32.1. The molecule has 0 radical (unpaired) electrons. The normalized spacial score (nSPS) is 11.5. The van der Waals surface area contributed by atoms with Gasteiger partial charge in [-0.25, -0.2) is 4.79 Å². The highest BCUT2D eigenvalue weighted by Crippen LogP contribution is 2.20. The number of thiophene rings is 1. The summed E-state index contributed by atoms with van der Waals surface area (Å²) in [6, 6.07) is 9.17. The van der Waals surface area contributed by atoms with Crippen LogP contribution in [0.1, 0.15) is 11.4 Å². The van der Waals surface area contributed by atoms with E-state index in [0.29, 0.717) is 27.6 Å². The Kier molecular flexibility index (Phi) is 4.66. The van der Waals surface area contributed by atoms with Gasteiger partial charge in [-0.2, -0.15) is 0 Å². The zero-order valence-electron chi connectivity index (χ0n) is 15.2. The zero-order valence-corrected chi connectivity index (χ0v) is 16.0. The van der Waals surface area contributed by atoms with Crippen LogP contribution in [0.5, 0.6) is 5.75 Å². The van der Waals surface area contributed by atoms with Gasteiger partial charge >= 0.3 is 5.97 Å². The number of methoxy groups -OCH3 is 1. The number of benzene rings is 1. The lowest BCUT2D eigenvalue weighted by atomic mass is 10.2. The van der Waals surface area contributed by atoms with Gasteiger partial charge in [0, 0.05) is 18.7 Å². The fourth-order valence-corrected chi connectivity index (χ4v) is 3.74. The van der Waals surface area contributed by atoms with Gasteiger partial charge in [-0.1, -0.05) is 18.2 Å². The van der Waals surface area contributed by atoms with E-state index >= 15 is 0 Å². The van der Waals surface area contributed by atoms with Gasteiger partial charge in [0.1, 0.15) is 10.4 Å². The van der Waals surface area contributed by atoms with Crippen molar-refractivity contribution < 1.29 is 14.3 Å². The number of esters is 1. The van der Waals surface area contributed by atoms with Gasteiger partial charge in [0.15, 0.2) is 12.4 Å². The van der Waals surface area contributed by atoms with E-state index in [1.807, 2.05) is 35.7 Å². The molecule has 0 aliphatic carbocycles. The second kappa shape index (κ2) is 7.28. The Labute approximate surface area is 163 Å². The molecule has 0 aliphatic heterocycles. The molecule has 0 saturated carbocycles. The molecule has 0 N–H and O–H groups in total. The Hall–Kier alpha value is -3.46. The Morgan fingerprint density at radius 3 is 2.89 bits per heavy atom. The lowest BCUT2D eigenvalue weighted by Gasteiger charge is -2.05. The van der Waals surface area contributed by atoms with Crippen LogP contribution in [-0.4, -0.2) is 32.2 Å². The number of hydrogen-bond acceptors (Lipinski definition) is 7. The van der Waals surface area contributed by atoms with Crippen LogP contribution in [0.15, 0.2) is 46.6 Å². The molecule has 0 spiro atoms. The van der Waals surface area contributed by atoms with Gasteiger partial charge in [-0.05, 0) is 23.6 Å². The summed E-state index contributed by atoms with van der Waals surface area (Å²) in [5.74, 6) is 0.976. The minimum absolute atomic E-state index is 0.0700. The fourth-order valence-electron chi connectivity index (χ4n) is 2.89. The van der Waals surface area contributed by atoms with Crippen LogP contribution >= 0.6 is 11.3 Å². The third-order valence-corrected chi connectivity index (χ3v) is 5.17. The molecule has 142 valence electrons. The van der Waals surface area contributed by atoms with E-state index in [9.17, 15) is 9.59 Å². The molecule has 0 unspecified atom stereocenters. The number of carbonyl (C=O) groups is 1. The highest BCUT2D eigenvalue weighted by molar-refractivity contribution is 7.17. The van der Waals surface area contributed by atoms with Crippen molar-refractivity contribution in [1.82, 2.24) is 19.2 Å². The van der Waals surface area contributed by atoms with Crippen LogP contribution in [0, 0.1) is 0 Å². The molecule has 28 heavy (non-hydrogen) atoms. The maximum Gasteiger partial charge on any atom is 0.331 e. The number of ether oxygens (including phenoxy) is 2. The SMILES string of the molecule is COc1ccccc1C=CC(=O)OCc1nnc2n(C)c(=O)c3sccc3n12. The van der Waals surface area contributed by atoms with Gasteiger partial charge < -0.3 is 9.47 Å². The molecule has 3 aromatic heterocycles. The second-order valence-corrected chi connectivity index (χ2v) is 6.85. The van der Waals surface area contributed by atoms with Crippen molar-refractivity contribution in [2.45, 2.75) is 6.61 Å². The number of aromatic nitrogens is 4. The number of hydrogen-bond donors (Lipinski definition) is 0. The lowest BCUT2D eigenvalue weighted by Crippen LogP contribution is -2.19. The van der Waals surface area contributed by atoms with Crippen LogP contribution in [0.2, 0.25) is 0 Å². The number of aryl methyl sites for hydroxylation is 1. The third kappa shape index (κ3) is 3.05. The molecule has 4 rings (SSSR count). The zero-order chi connectivity index (χ0) is 19.7. The molecule has 1 aromatic carbocycles. The highest BCUT2D eigenvalue weighted by Gasteiger charge is 2.16. The minimum atomic E-state index is -0.519. The first-order valence-electron chi connectivity index (χ1n) is 8.38. The maximum atomic E-state index is 12.3. The number of carbonyl (C=O) groups excluding carboxylic acids is 1. The fraction of sp³-hybridized carbons (Fsp3) is 0.158. The molecule has 0 saturated heterocycles. The molecule has 0 bridgehead atoms. The first-order chi connectivity index (χ1) is 13.6. The Morgan fingerprint density at radius 1 is 1.25 bits per heavy atom. The predicted molar refractivity (Wildman–Crippen MR) is 105 cm³/mol. The van der Waals surface area contributed by atoms with Gasteiger partial charge in [-0.15, -0.1) is 21.5 Å².